The molecule has 0 aliphatic rings. The monoisotopic (exact) mass is 228 g/mol. The van der Waals surface area contributed by atoms with Gasteiger partial charge in [-0.2, -0.15) is 0 Å². The molecule has 96 valence electrons. The van der Waals surface area contributed by atoms with Crippen LogP contribution in [0.15, 0.2) is 0 Å². The summed E-state index contributed by atoms with van der Waals surface area (Å²) in [7, 11) is 0. The molecule has 0 fully saturated rings. The zero-order valence-electron chi connectivity index (χ0n) is 11.7. The first-order chi connectivity index (χ1) is 7.25. The molecule has 0 saturated carbocycles. The van der Waals surface area contributed by atoms with Crippen molar-refractivity contribution in [2.45, 2.75) is 54.0 Å². The minimum Gasteiger partial charge on any atom is -0.356 e. The van der Waals surface area contributed by atoms with Crippen molar-refractivity contribution in [3.8, 4) is 0 Å². The summed E-state index contributed by atoms with van der Waals surface area (Å²) in [6.45, 7) is 14.4. The second-order valence-corrected chi connectivity index (χ2v) is 5.84. The molecule has 1 unspecified atom stereocenters. The van der Waals surface area contributed by atoms with Crippen LogP contribution in [0.25, 0.3) is 0 Å². The van der Waals surface area contributed by atoms with Crippen molar-refractivity contribution in [1.82, 2.24) is 10.6 Å². The molecule has 2 N–H and O–H groups in total. The number of rotatable bonds is 6. The Balaban J connectivity index is 3.51. The largest absolute Gasteiger partial charge is 0.356 e. The van der Waals surface area contributed by atoms with Crippen molar-refractivity contribution in [2.75, 3.05) is 13.1 Å². The molecule has 1 atom stereocenters. The van der Waals surface area contributed by atoms with Gasteiger partial charge in [0.15, 0.2) is 0 Å². The van der Waals surface area contributed by atoms with Gasteiger partial charge in [0, 0.05) is 18.5 Å². The van der Waals surface area contributed by atoms with Crippen molar-refractivity contribution in [3.63, 3.8) is 0 Å². The van der Waals surface area contributed by atoms with Crippen LogP contribution < -0.4 is 10.6 Å². The first kappa shape index (κ1) is 15.4. The number of nitrogens with one attached hydrogen (secondary N) is 2. The Bertz CT molecular complexity index is 206. The molecule has 0 aliphatic heterocycles. The molecular weight excluding hydrogens is 200 g/mol. The highest BCUT2D eigenvalue weighted by Crippen LogP contribution is 2.18. The normalized spacial score (nSPS) is 13.9. The highest BCUT2D eigenvalue weighted by molar-refractivity contribution is 5.77. The van der Waals surface area contributed by atoms with Crippen LogP contribution in [0, 0.1) is 11.3 Å². The van der Waals surface area contributed by atoms with Gasteiger partial charge in [0.25, 0.3) is 0 Å². The summed E-state index contributed by atoms with van der Waals surface area (Å²) in [5.41, 5.74) is 0.293. The van der Waals surface area contributed by atoms with Crippen LogP contribution in [-0.2, 0) is 4.79 Å². The highest BCUT2D eigenvalue weighted by Gasteiger charge is 2.18. The zero-order chi connectivity index (χ0) is 12.8. The number of hydrogen-bond donors (Lipinski definition) is 2. The van der Waals surface area contributed by atoms with Gasteiger partial charge in [0.2, 0.25) is 5.91 Å². The van der Waals surface area contributed by atoms with Gasteiger partial charge >= 0.3 is 0 Å². The molecule has 1 amide bonds. The molecule has 0 saturated heterocycles. The van der Waals surface area contributed by atoms with Crippen molar-refractivity contribution < 1.29 is 4.79 Å². The predicted molar refractivity (Wildman–Crippen MR) is 69.4 cm³/mol. The fourth-order valence-electron chi connectivity index (χ4n) is 1.13. The molecule has 0 aromatic heterocycles. The van der Waals surface area contributed by atoms with Gasteiger partial charge in [0.05, 0.1) is 0 Å². The summed E-state index contributed by atoms with van der Waals surface area (Å²) in [5.74, 6) is 0.227. The highest BCUT2D eigenvalue weighted by atomic mass is 16.1. The maximum Gasteiger partial charge on any atom is 0.222 e. The lowest BCUT2D eigenvalue weighted by atomic mass is 9.88. The van der Waals surface area contributed by atoms with Gasteiger partial charge < -0.3 is 10.6 Å². The molecular formula is C13H28N2O. The molecule has 0 aromatic carbocycles. The molecule has 0 aliphatic carbocycles. The third-order valence-electron chi connectivity index (χ3n) is 2.93. The smallest absolute Gasteiger partial charge is 0.222 e. The van der Waals surface area contributed by atoms with Crippen LogP contribution in [0.5, 0.6) is 0 Å². The van der Waals surface area contributed by atoms with Crippen LogP contribution in [0.4, 0.5) is 0 Å². The summed E-state index contributed by atoms with van der Waals surface area (Å²) < 4.78 is 0. The number of carbonyl (C=O) groups excluding carboxylic acids is 1. The SMILES string of the molecule is CC(C)C(=O)NCCCNC(C)C(C)(C)C. The van der Waals surface area contributed by atoms with Crippen LogP contribution in [0.3, 0.4) is 0 Å². The van der Waals surface area contributed by atoms with E-state index in [0.717, 1.165) is 19.5 Å². The molecule has 16 heavy (non-hydrogen) atoms. The average Bonchev–Trinajstić information content (AvgIpc) is 2.14. The van der Waals surface area contributed by atoms with E-state index in [-0.39, 0.29) is 11.8 Å². The Morgan fingerprint density at radius 1 is 1.12 bits per heavy atom. The Labute approximate surface area is 100 Å². The Hall–Kier alpha value is -0.570. The molecule has 0 bridgehead atoms. The summed E-state index contributed by atoms with van der Waals surface area (Å²) in [5, 5.41) is 6.39. The van der Waals surface area contributed by atoms with Crippen molar-refractivity contribution in [1.29, 1.82) is 0 Å². The minimum absolute atomic E-state index is 0.0847. The van der Waals surface area contributed by atoms with Crippen molar-refractivity contribution in [2.24, 2.45) is 11.3 Å². The van der Waals surface area contributed by atoms with E-state index >= 15 is 0 Å². The number of hydrogen-bond acceptors (Lipinski definition) is 2. The fourth-order valence-corrected chi connectivity index (χ4v) is 1.13. The number of carbonyl (C=O) groups is 1. The van der Waals surface area contributed by atoms with Crippen LogP contribution in [-0.4, -0.2) is 25.0 Å². The van der Waals surface area contributed by atoms with E-state index in [1.54, 1.807) is 0 Å². The summed E-state index contributed by atoms with van der Waals surface area (Å²) >= 11 is 0. The Kier molecular flexibility index (Phi) is 6.65. The van der Waals surface area contributed by atoms with E-state index in [4.69, 9.17) is 0 Å². The molecule has 0 radical (unpaired) electrons. The first-order valence-corrected chi connectivity index (χ1v) is 6.26. The zero-order valence-corrected chi connectivity index (χ0v) is 11.7. The second kappa shape index (κ2) is 6.89. The van der Waals surface area contributed by atoms with E-state index in [1.807, 2.05) is 13.8 Å². The molecule has 0 heterocycles. The molecule has 0 spiro atoms. The molecule has 0 aromatic rings. The maximum atomic E-state index is 11.3. The first-order valence-electron chi connectivity index (χ1n) is 6.26. The summed E-state index contributed by atoms with van der Waals surface area (Å²) in [6.07, 6.45) is 0.985. The van der Waals surface area contributed by atoms with E-state index in [0.29, 0.717) is 11.5 Å². The van der Waals surface area contributed by atoms with Gasteiger partial charge in [-0.1, -0.05) is 34.6 Å². The van der Waals surface area contributed by atoms with E-state index < -0.39 is 0 Å². The lowest BCUT2D eigenvalue weighted by Gasteiger charge is -2.28. The Morgan fingerprint density at radius 3 is 2.12 bits per heavy atom. The fraction of sp³-hybridized carbons (Fsp3) is 0.923. The van der Waals surface area contributed by atoms with Crippen molar-refractivity contribution >= 4 is 5.91 Å². The minimum atomic E-state index is 0.0847. The average molecular weight is 228 g/mol. The van der Waals surface area contributed by atoms with Gasteiger partial charge in [-0.05, 0) is 25.3 Å². The van der Waals surface area contributed by atoms with E-state index in [1.165, 1.54) is 0 Å². The summed E-state index contributed by atoms with van der Waals surface area (Å²) in [6, 6.07) is 0.494. The van der Waals surface area contributed by atoms with E-state index in [2.05, 4.69) is 38.3 Å². The van der Waals surface area contributed by atoms with Gasteiger partial charge in [-0.3, -0.25) is 4.79 Å². The second-order valence-electron chi connectivity index (χ2n) is 5.84. The lowest BCUT2D eigenvalue weighted by molar-refractivity contribution is -0.123. The van der Waals surface area contributed by atoms with Gasteiger partial charge in [-0.25, -0.2) is 0 Å². The third kappa shape index (κ3) is 6.83. The van der Waals surface area contributed by atoms with Gasteiger partial charge in [0.1, 0.15) is 0 Å². The molecule has 3 heteroatoms. The third-order valence-corrected chi connectivity index (χ3v) is 2.93. The van der Waals surface area contributed by atoms with Crippen molar-refractivity contribution in [3.05, 3.63) is 0 Å². The molecule has 3 nitrogen and oxygen atoms in total. The number of amides is 1. The quantitative estimate of drug-likeness (QED) is 0.684. The maximum absolute atomic E-state index is 11.3. The molecule has 0 rings (SSSR count). The predicted octanol–water partition coefficient (Wildman–Crippen LogP) is 2.17. The topological polar surface area (TPSA) is 41.1 Å². The Morgan fingerprint density at radius 2 is 1.69 bits per heavy atom. The standard InChI is InChI=1S/C13H28N2O/c1-10(2)12(16)15-9-7-8-14-11(3)13(4,5)6/h10-11,14H,7-9H2,1-6H3,(H,15,16). The van der Waals surface area contributed by atoms with Gasteiger partial charge in [-0.15, -0.1) is 0 Å². The van der Waals surface area contributed by atoms with Crippen LogP contribution in [0.2, 0.25) is 0 Å². The summed E-state index contributed by atoms with van der Waals surface area (Å²) in [4.78, 5) is 11.3. The lowest BCUT2D eigenvalue weighted by Crippen LogP contribution is -2.39. The van der Waals surface area contributed by atoms with Crippen LogP contribution in [0.1, 0.15) is 48.0 Å². The van der Waals surface area contributed by atoms with Crippen LogP contribution >= 0.6 is 0 Å². The van der Waals surface area contributed by atoms with E-state index in [9.17, 15) is 4.79 Å².